The van der Waals surface area contributed by atoms with Crippen molar-refractivity contribution < 1.29 is 18.3 Å². The average molecular weight is 273 g/mol. The van der Waals surface area contributed by atoms with E-state index >= 15 is 0 Å². The lowest BCUT2D eigenvalue weighted by Crippen LogP contribution is -2.22. The molecule has 0 saturated heterocycles. The van der Waals surface area contributed by atoms with E-state index in [9.17, 15) is 18.0 Å². The number of hydrogen-bond donors (Lipinski definition) is 1. The molecular weight excluding hydrogens is 263 g/mol. The predicted octanol–water partition coefficient (Wildman–Crippen LogP) is 1.08. The van der Waals surface area contributed by atoms with Crippen molar-refractivity contribution >= 4 is 0 Å². The fraction of sp³-hybridized carbons (Fsp3) is 0.273. The molecule has 0 atom stereocenters. The van der Waals surface area contributed by atoms with E-state index in [0.717, 1.165) is 33.5 Å². The van der Waals surface area contributed by atoms with E-state index < -0.39 is 24.0 Å². The van der Waals surface area contributed by atoms with E-state index in [0.29, 0.717) is 0 Å². The van der Waals surface area contributed by atoms with Gasteiger partial charge in [0.25, 0.3) is 0 Å². The zero-order chi connectivity index (χ0) is 14.2. The van der Waals surface area contributed by atoms with E-state index in [1.54, 1.807) is 0 Å². The average Bonchev–Trinajstić information content (AvgIpc) is 2.65. The monoisotopic (exact) mass is 273 g/mol. The Balaban J connectivity index is 2.46. The number of alkyl halides is 3. The molecule has 102 valence electrons. The highest BCUT2D eigenvalue weighted by molar-refractivity contribution is 5.34. The van der Waals surface area contributed by atoms with Crippen molar-refractivity contribution in [3.8, 4) is 5.69 Å². The van der Waals surface area contributed by atoms with Gasteiger partial charge in [0.15, 0.2) is 5.82 Å². The van der Waals surface area contributed by atoms with Crippen LogP contribution in [0, 0.1) is 0 Å². The Labute approximate surface area is 105 Å². The summed E-state index contributed by atoms with van der Waals surface area (Å²) in [7, 11) is 1.42. The van der Waals surface area contributed by atoms with Crippen molar-refractivity contribution in [2.24, 2.45) is 7.05 Å². The largest absolute Gasteiger partial charge is 0.416 e. The first-order valence-corrected chi connectivity index (χ1v) is 5.28. The molecule has 1 N–H and O–H groups in total. The van der Waals surface area contributed by atoms with Gasteiger partial charge in [-0.3, -0.25) is 4.57 Å². The van der Waals surface area contributed by atoms with Gasteiger partial charge in [-0.05, 0) is 24.3 Å². The molecule has 0 radical (unpaired) electrons. The van der Waals surface area contributed by atoms with E-state index in [-0.39, 0.29) is 11.5 Å². The Hall–Kier alpha value is -2.09. The summed E-state index contributed by atoms with van der Waals surface area (Å²) < 4.78 is 39.3. The second kappa shape index (κ2) is 4.54. The van der Waals surface area contributed by atoms with Gasteiger partial charge in [0, 0.05) is 7.05 Å². The van der Waals surface area contributed by atoms with E-state index in [2.05, 4.69) is 5.10 Å². The third-order valence-electron chi connectivity index (χ3n) is 2.65. The first-order chi connectivity index (χ1) is 8.84. The standard InChI is InChI=1S/C11H10F3N3O2/c1-16-9(6-18)15-17(10(16)19)8-4-2-7(3-5-8)11(12,13)14/h2-5,18H,6H2,1H3. The van der Waals surface area contributed by atoms with Crippen LogP contribution in [0.3, 0.4) is 0 Å². The van der Waals surface area contributed by atoms with Gasteiger partial charge in [0.2, 0.25) is 0 Å². The molecular formula is C11H10F3N3O2. The van der Waals surface area contributed by atoms with Gasteiger partial charge < -0.3 is 5.11 Å². The molecule has 0 aliphatic carbocycles. The van der Waals surface area contributed by atoms with Gasteiger partial charge in [0.05, 0.1) is 11.3 Å². The molecule has 5 nitrogen and oxygen atoms in total. The molecule has 0 spiro atoms. The Kier molecular flexibility index (Phi) is 3.19. The SMILES string of the molecule is Cn1c(CO)nn(-c2ccc(C(F)(F)F)cc2)c1=O. The van der Waals surface area contributed by atoms with Crippen molar-refractivity contribution in [1.82, 2.24) is 14.3 Å². The van der Waals surface area contributed by atoms with E-state index in [1.807, 2.05) is 0 Å². The Morgan fingerprint density at radius 2 is 1.84 bits per heavy atom. The fourth-order valence-corrected chi connectivity index (χ4v) is 1.58. The van der Waals surface area contributed by atoms with Crippen LogP contribution in [-0.4, -0.2) is 19.5 Å². The maximum atomic E-state index is 12.4. The lowest BCUT2D eigenvalue weighted by molar-refractivity contribution is -0.137. The molecule has 0 fully saturated rings. The van der Waals surface area contributed by atoms with Crippen LogP contribution in [0.4, 0.5) is 13.2 Å². The van der Waals surface area contributed by atoms with Gasteiger partial charge >= 0.3 is 11.9 Å². The molecule has 0 saturated carbocycles. The second-order valence-corrected chi connectivity index (χ2v) is 3.87. The minimum Gasteiger partial charge on any atom is -0.388 e. The zero-order valence-corrected chi connectivity index (χ0v) is 9.85. The predicted molar refractivity (Wildman–Crippen MR) is 59.7 cm³/mol. The number of aliphatic hydroxyl groups is 1. The summed E-state index contributed by atoms with van der Waals surface area (Å²) in [5.74, 6) is 0.130. The van der Waals surface area contributed by atoms with Crippen LogP contribution < -0.4 is 5.69 Å². The highest BCUT2D eigenvalue weighted by Gasteiger charge is 2.30. The zero-order valence-electron chi connectivity index (χ0n) is 9.85. The normalized spacial score (nSPS) is 11.8. The third-order valence-corrected chi connectivity index (χ3v) is 2.65. The van der Waals surface area contributed by atoms with Crippen LogP contribution in [0.2, 0.25) is 0 Å². The summed E-state index contributed by atoms with van der Waals surface area (Å²) in [6.45, 7) is -0.431. The number of benzene rings is 1. The molecule has 0 aliphatic rings. The first kappa shape index (κ1) is 13.3. The number of aliphatic hydroxyl groups excluding tert-OH is 1. The lowest BCUT2D eigenvalue weighted by Gasteiger charge is -2.06. The number of rotatable bonds is 2. The summed E-state index contributed by atoms with van der Waals surface area (Å²) in [6.07, 6.45) is -4.43. The fourth-order valence-electron chi connectivity index (χ4n) is 1.58. The van der Waals surface area contributed by atoms with Crippen LogP contribution in [-0.2, 0) is 19.8 Å². The summed E-state index contributed by atoms with van der Waals surface area (Å²) in [5.41, 5.74) is -1.14. The Morgan fingerprint density at radius 3 is 2.26 bits per heavy atom. The van der Waals surface area contributed by atoms with Crippen LogP contribution in [0.25, 0.3) is 5.69 Å². The third kappa shape index (κ3) is 2.39. The van der Waals surface area contributed by atoms with Crippen molar-refractivity contribution in [2.45, 2.75) is 12.8 Å². The first-order valence-electron chi connectivity index (χ1n) is 5.28. The van der Waals surface area contributed by atoms with Crippen molar-refractivity contribution in [3.05, 3.63) is 46.1 Å². The summed E-state index contributed by atoms with van der Waals surface area (Å²) in [6, 6.07) is 4.04. The van der Waals surface area contributed by atoms with Gasteiger partial charge in [-0.2, -0.15) is 17.9 Å². The number of hydrogen-bond acceptors (Lipinski definition) is 3. The Bertz CT molecular complexity index is 641. The minimum absolute atomic E-state index is 0.130. The highest BCUT2D eigenvalue weighted by Crippen LogP contribution is 2.29. The van der Waals surface area contributed by atoms with Gasteiger partial charge in [-0.1, -0.05) is 0 Å². The van der Waals surface area contributed by atoms with Crippen LogP contribution in [0.5, 0.6) is 0 Å². The molecule has 2 aromatic rings. The maximum Gasteiger partial charge on any atom is 0.416 e. The highest BCUT2D eigenvalue weighted by atomic mass is 19.4. The van der Waals surface area contributed by atoms with Crippen LogP contribution in [0.1, 0.15) is 11.4 Å². The molecule has 0 aliphatic heterocycles. The lowest BCUT2D eigenvalue weighted by atomic mass is 10.2. The Morgan fingerprint density at radius 1 is 1.26 bits per heavy atom. The van der Waals surface area contributed by atoms with Gasteiger partial charge in [-0.15, -0.1) is 5.10 Å². The number of aromatic nitrogens is 3. The second-order valence-electron chi connectivity index (χ2n) is 3.87. The van der Waals surface area contributed by atoms with Crippen LogP contribution >= 0.6 is 0 Å². The smallest absolute Gasteiger partial charge is 0.388 e. The molecule has 1 aromatic heterocycles. The summed E-state index contributed by atoms with van der Waals surface area (Å²) >= 11 is 0. The summed E-state index contributed by atoms with van der Waals surface area (Å²) in [5, 5.41) is 12.8. The van der Waals surface area contributed by atoms with Crippen LogP contribution in [0.15, 0.2) is 29.1 Å². The van der Waals surface area contributed by atoms with Gasteiger partial charge in [0.1, 0.15) is 6.61 Å². The number of halogens is 3. The topological polar surface area (TPSA) is 60.0 Å². The molecule has 1 heterocycles. The molecule has 1 aromatic carbocycles. The molecule has 0 unspecified atom stereocenters. The van der Waals surface area contributed by atoms with Crippen molar-refractivity contribution in [3.63, 3.8) is 0 Å². The number of nitrogens with zero attached hydrogens (tertiary/aromatic N) is 3. The van der Waals surface area contributed by atoms with Crippen molar-refractivity contribution in [1.29, 1.82) is 0 Å². The van der Waals surface area contributed by atoms with E-state index in [1.165, 1.54) is 7.05 Å². The quantitative estimate of drug-likeness (QED) is 0.890. The van der Waals surface area contributed by atoms with Crippen molar-refractivity contribution in [2.75, 3.05) is 0 Å². The minimum atomic E-state index is -4.43. The summed E-state index contributed by atoms with van der Waals surface area (Å²) in [4.78, 5) is 11.8. The molecule has 0 bridgehead atoms. The van der Waals surface area contributed by atoms with Gasteiger partial charge in [-0.25, -0.2) is 4.79 Å². The maximum absolute atomic E-state index is 12.4. The molecule has 0 amide bonds. The molecule has 19 heavy (non-hydrogen) atoms. The van der Waals surface area contributed by atoms with E-state index in [4.69, 9.17) is 5.11 Å². The molecule has 2 rings (SSSR count). The molecule has 8 heteroatoms.